The van der Waals surface area contributed by atoms with E-state index in [1.807, 2.05) is 36.6 Å². The molecule has 0 N–H and O–H groups in total. The van der Waals surface area contributed by atoms with Crippen molar-refractivity contribution in [1.29, 1.82) is 0 Å². The number of hydrogen-bond acceptors (Lipinski definition) is 4. The first kappa shape index (κ1) is 22.1. The number of carbonyl (C=O) groups is 1. The van der Waals surface area contributed by atoms with Crippen LogP contribution in [0.15, 0.2) is 30.3 Å². The van der Waals surface area contributed by atoms with Gasteiger partial charge in [0.1, 0.15) is 5.82 Å². The van der Waals surface area contributed by atoms with Crippen molar-refractivity contribution < 1.29 is 18.0 Å². The second-order valence-corrected chi connectivity index (χ2v) is 8.87. The van der Waals surface area contributed by atoms with Crippen LogP contribution in [0.5, 0.6) is 0 Å². The third kappa shape index (κ3) is 5.49. The number of halogens is 3. The first-order chi connectivity index (χ1) is 13.9. The number of alkyl halides is 3. The number of nitrogens with zero attached hydrogens (tertiary/aromatic N) is 4. The molecule has 0 radical (unpaired) electrons. The second kappa shape index (κ2) is 8.24. The minimum absolute atomic E-state index is 0.0577. The number of benzene rings is 1. The standard InChI is InChI=1S/C22H27F3N4O/c1-15-12-18(28-8-10-29(11-9-28)19(30)14-21(2,3)4)27-20(26-15)16-6-5-7-17(13-16)22(23,24)25/h5-7,12-13H,8-11,14H2,1-4H3. The van der Waals surface area contributed by atoms with Crippen molar-refractivity contribution in [2.24, 2.45) is 5.41 Å². The number of hydrogen-bond donors (Lipinski definition) is 0. The van der Waals surface area contributed by atoms with E-state index in [4.69, 9.17) is 0 Å². The molecule has 8 heteroatoms. The van der Waals surface area contributed by atoms with Gasteiger partial charge in [0, 0.05) is 49.9 Å². The van der Waals surface area contributed by atoms with Gasteiger partial charge >= 0.3 is 6.18 Å². The van der Waals surface area contributed by atoms with Gasteiger partial charge in [0.2, 0.25) is 5.91 Å². The lowest BCUT2D eigenvalue weighted by Gasteiger charge is -2.36. The maximum absolute atomic E-state index is 13.1. The summed E-state index contributed by atoms with van der Waals surface area (Å²) in [4.78, 5) is 25.2. The Hall–Kier alpha value is -2.64. The Labute approximate surface area is 174 Å². The highest BCUT2D eigenvalue weighted by molar-refractivity contribution is 5.77. The molecule has 1 aromatic heterocycles. The van der Waals surface area contributed by atoms with Gasteiger partial charge in [0.25, 0.3) is 0 Å². The van der Waals surface area contributed by atoms with Crippen molar-refractivity contribution in [1.82, 2.24) is 14.9 Å². The van der Waals surface area contributed by atoms with E-state index in [1.165, 1.54) is 6.07 Å². The fourth-order valence-electron chi connectivity index (χ4n) is 3.43. The summed E-state index contributed by atoms with van der Waals surface area (Å²) in [6.45, 7) is 10.3. The number of rotatable bonds is 3. The van der Waals surface area contributed by atoms with Crippen molar-refractivity contribution >= 4 is 11.7 Å². The van der Waals surface area contributed by atoms with E-state index in [9.17, 15) is 18.0 Å². The zero-order valence-corrected chi connectivity index (χ0v) is 17.8. The molecule has 1 aromatic carbocycles. The van der Waals surface area contributed by atoms with Crippen LogP contribution in [0, 0.1) is 12.3 Å². The lowest BCUT2D eigenvalue weighted by Crippen LogP contribution is -2.49. The second-order valence-electron chi connectivity index (χ2n) is 8.87. The molecule has 30 heavy (non-hydrogen) atoms. The predicted octanol–water partition coefficient (Wildman–Crippen LogP) is 4.56. The first-order valence-electron chi connectivity index (χ1n) is 9.98. The topological polar surface area (TPSA) is 49.3 Å². The molecule has 0 atom stereocenters. The van der Waals surface area contributed by atoms with Crippen molar-refractivity contribution in [3.63, 3.8) is 0 Å². The van der Waals surface area contributed by atoms with E-state index in [0.717, 1.165) is 12.1 Å². The lowest BCUT2D eigenvalue weighted by molar-refractivity contribution is -0.137. The smallest absolute Gasteiger partial charge is 0.353 e. The Kier molecular flexibility index (Phi) is 6.06. The van der Waals surface area contributed by atoms with E-state index in [1.54, 1.807) is 13.0 Å². The number of amides is 1. The molecular formula is C22H27F3N4O. The Morgan fingerprint density at radius 2 is 1.70 bits per heavy atom. The molecule has 2 aromatic rings. The summed E-state index contributed by atoms with van der Waals surface area (Å²) in [5, 5.41) is 0. The van der Waals surface area contributed by atoms with Crippen molar-refractivity contribution in [2.75, 3.05) is 31.1 Å². The minimum atomic E-state index is -4.42. The molecule has 1 amide bonds. The number of aromatic nitrogens is 2. The fourth-order valence-corrected chi connectivity index (χ4v) is 3.43. The number of anilines is 1. The summed E-state index contributed by atoms with van der Waals surface area (Å²) in [6.07, 6.45) is -3.92. The highest BCUT2D eigenvalue weighted by Crippen LogP contribution is 2.32. The maximum Gasteiger partial charge on any atom is 0.416 e. The van der Waals surface area contributed by atoms with E-state index >= 15 is 0 Å². The summed E-state index contributed by atoms with van der Waals surface area (Å²) >= 11 is 0. The molecule has 3 rings (SSSR count). The quantitative estimate of drug-likeness (QED) is 0.731. The molecule has 0 spiro atoms. The molecule has 0 bridgehead atoms. The Balaban J connectivity index is 1.77. The van der Waals surface area contributed by atoms with Crippen molar-refractivity contribution in [3.05, 3.63) is 41.6 Å². The van der Waals surface area contributed by atoms with Gasteiger partial charge < -0.3 is 9.80 Å². The van der Waals surface area contributed by atoms with E-state index in [-0.39, 0.29) is 17.1 Å². The van der Waals surface area contributed by atoms with Gasteiger partial charge in [-0.1, -0.05) is 32.9 Å². The Bertz CT molecular complexity index is 913. The van der Waals surface area contributed by atoms with Crippen LogP contribution in [0.2, 0.25) is 0 Å². The molecule has 0 aliphatic carbocycles. The molecule has 5 nitrogen and oxygen atoms in total. The van der Waals surface area contributed by atoms with Crippen molar-refractivity contribution in [3.8, 4) is 11.4 Å². The van der Waals surface area contributed by atoms with Gasteiger partial charge in [-0.25, -0.2) is 9.97 Å². The van der Waals surface area contributed by atoms with Crippen LogP contribution in [-0.4, -0.2) is 47.0 Å². The zero-order chi connectivity index (χ0) is 22.1. The average molecular weight is 420 g/mol. The molecule has 1 aliphatic rings. The Morgan fingerprint density at radius 3 is 2.30 bits per heavy atom. The molecule has 1 fully saturated rings. The van der Waals surface area contributed by atoms with Crippen LogP contribution in [0.25, 0.3) is 11.4 Å². The average Bonchev–Trinajstić information content (AvgIpc) is 2.66. The molecular weight excluding hydrogens is 393 g/mol. The minimum Gasteiger partial charge on any atom is -0.353 e. The number of carbonyl (C=O) groups excluding carboxylic acids is 1. The van der Waals surface area contributed by atoms with Crippen LogP contribution in [0.1, 0.15) is 38.4 Å². The monoisotopic (exact) mass is 420 g/mol. The molecule has 162 valence electrons. The Morgan fingerprint density at radius 1 is 1.03 bits per heavy atom. The fraction of sp³-hybridized carbons (Fsp3) is 0.500. The van der Waals surface area contributed by atoms with E-state index in [2.05, 4.69) is 9.97 Å². The summed E-state index contributed by atoms with van der Waals surface area (Å²) in [5.74, 6) is 1.07. The molecule has 0 unspecified atom stereocenters. The van der Waals surface area contributed by atoms with Crippen LogP contribution in [0.4, 0.5) is 19.0 Å². The van der Waals surface area contributed by atoms with E-state index < -0.39 is 11.7 Å². The van der Waals surface area contributed by atoms with Crippen LogP contribution in [-0.2, 0) is 11.0 Å². The van der Waals surface area contributed by atoms with Gasteiger partial charge in [-0.15, -0.1) is 0 Å². The van der Waals surface area contributed by atoms with Crippen LogP contribution in [0.3, 0.4) is 0 Å². The van der Waals surface area contributed by atoms with E-state index in [0.29, 0.717) is 49.7 Å². The third-order valence-corrected chi connectivity index (χ3v) is 4.93. The maximum atomic E-state index is 13.1. The highest BCUT2D eigenvalue weighted by atomic mass is 19.4. The third-order valence-electron chi connectivity index (χ3n) is 4.93. The van der Waals surface area contributed by atoms with Gasteiger partial charge in [0.15, 0.2) is 5.82 Å². The highest BCUT2D eigenvalue weighted by Gasteiger charge is 2.31. The van der Waals surface area contributed by atoms with Gasteiger partial charge in [-0.05, 0) is 24.5 Å². The largest absolute Gasteiger partial charge is 0.416 e. The summed E-state index contributed by atoms with van der Waals surface area (Å²) in [6, 6.07) is 6.87. The SMILES string of the molecule is Cc1cc(N2CCN(C(=O)CC(C)(C)C)CC2)nc(-c2cccc(C(F)(F)F)c2)n1. The summed E-state index contributed by atoms with van der Waals surface area (Å²) < 4.78 is 39.2. The number of aryl methyl sites for hydroxylation is 1. The summed E-state index contributed by atoms with van der Waals surface area (Å²) in [5.41, 5.74) is 0.225. The lowest BCUT2D eigenvalue weighted by atomic mass is 9.91. The first-order valence-corrected chi connectivity index (χ1v) is 9.98. The zero-order valence-electron chi connectivity index (χ0n) is 17.8. The normalized spacial score (nSPS) is 15.4. The van der Waals surface area contributed by atoms with Gasteiger partial charge in [-0.3, -0.25) is 4.79 Å². The summed E-state index contributed by atoms with van der Waals surface area (Å²) in [7, 11) is 0. The van der Waals surface area contributed by atoms with Crippen molar-refractivity contribution in [2.45, 2.75) is 40.3 Å². The molecule has 1 saturated heterocycles. The van der Waals surface area contributed by atoms with Gasteiger partial charge in [0.05, 0.1) is 5.56 Å². The van der Waals surface area contributed by atoms with Crippen LogP contribution >= 0.6 is 0 Å². The number of piperazine rings is 1. The van der Waals surface area contributed by atoms with Crippen LogP contribution < -0.4 is 4.90 Å². The van der Waals surface area contributed by atoms with Gasteiger partial charge in [-0.2, -0.15) is 13.2 Å². The predicted molar refractivity (Wildman–Crippen MR) is 110 cm³/mol. The molecule has 2 heterocycles. The molecule has 1 aliphatic heterocycles. The molecule has 0 saturated carbocycles.